The van der Waals surface area contributed by atoms with Crippen LogP contribution >= 0.6 is 0 Å². The van der Waals surface area contributed by atoms with E-state index < -0.39 is 10.9 Å². The van der Waals surface area contributed by atoms with Gasteiger partial charge in [-0.1, -0.05) is 0 Å². The van der Waals surface area contributed by atoms with Crippen molar-refractivity contribution in [3.05, 3.63) is 27.9 Å². The molecule has 21 heavy (non-hydrogen) atoms. The van der Waals surface area contributed by atoms with Crippen molar-refractivity contribution in [1.82, 2.24) is 9.88 Å². The first kappa shape index (κ1) is 16.8. The van der Waals surface area contributed by atoms with Crippen LogP contribution in [-0.4, -0.2) is 66.3 Å². The third kappa shape index (κ3) is 5.71. The van der Waals surface area contributed by atoms with Gasteiger partial charge in [-0.3, -0.25) is 10.1 Å². The molecule has 0 aliphatic rings. The summed E-state index contributed by atoms with van der Waals surface area (Å²) in [7, 11) is 3.86. The minimum atomic E-state index is -1.28. The Balaban J connectivity index is 2.54. The number of hydrogen-bond donors (Lipinski definition) is 2. The molecule has 1 aromatic heterocycles. The van der Waals surface area contributed by atoms with Crippen molar-refractivity contribution < 1.29 is 19.6 Å². The fourth-order valence-electron chi connectivity index (χ4n) is 1.45. The van der Waals surface area contributed by atoms with E-state index in [9.17, 15) is 14.9 Å². The Hall–Kier alpha value is -2.26. The van der Waals surface area contributed by atoms with Crippen molar-refractivity contribution in [3.63, 3.8) is 0 Å². The molecular weight excluding hydrogens is 280 g/mol. The highest BCUT2D eigenvalue weighted by molar-refractivity contribution is 5.93. The van der Waals surface area contributed by atoms with Crippen molar-refractivity contribution >= 4 is 17.5 Å². The summed E-state index contributed by atoms with van der Waals surface area (Å²) in [6, 6.07) is 0.977. The van der Waals surface area contributed by atoms with Gasteiger partial charge < -0.3 is 20.1 Å². The number of nitrogens with one attached hydrogen (secondary N) is 1. The number of nitrogens with zero attached hydrogens (tertiary/aromatic N) is 3. The van der Waals surface area contributed by atoms with Crippen LogP contribution < -0.4 is 5.32 Å². The Morgan fingerprint density at radius 3 is 2.81 bits per heavy atom. The zero-order valence-electron chi connectivity index (χ0n) is 11.9. The maximum atomic E-state index is 11.1. The van der Waals surface area contributed by atoms with E-state index in [1.54, 1.807) is 0 Å². The van der Waals surface area contributed by atoms with Gasteiger partial charge in [0.15, 0.2) is 0 Å². The quantitative estimate of drug-likeness (QED) is 0.388. The number of hydrogen-bond acceptors (Lipinski definition) is 7. The summed E-state index contributed by atoms with van der Waals surface area (Å²) in [5, 5.41) is 22.4. The highest BCUT2D eigenvalue weighted by atomic mass is 16.6. The average molecular weight is 298 g/mol. The summed E-state index contributed by atoms with van der Waals surface area (Å²) in [6.45, 7) is 2.09. The molecule has 0 radical (unpaired) electrons. The van der Waals surface area contributed by atoms with Crippen LogP contribution in [0.4, 0.5) is 11.5 Å². The van der Waals surface area contributed by atoms with Gasteiger partial charge in [0.1, 0.15) is 17.6 Å². The Labute approximate surface area is 121 Å². The van der Waals surface area contributed by atoms with Crippen molar-refractivity contribution in [2.45, 2.75) is 0 Å². The molecule has 2 N–H and O–H groups in total. The Bertz CT molecular complexity index is 506. The number of aromatic nitrogens is 1. The van der Waals surface area contributed by atoms with Crippen LogP contribution in [0, 0.1) is 10.1 Å². The molecule has 1 aromatic rings. The molecule has 0 aromatic carbocycles. The monoisotopic (exact) mass is 298 g/mol. The molecule has 9 nitrogen and oxygen atoms in total. The van der Waals surface area contributed by atoms with E-state index >= 15 is 0 Å². The van der Waals surface area contributed by atoms with Crippen LogP contribution in [0.15, 0.2) is 12.3 Å². The predicted molar refractivity (Wildman–Crippen MR) is 75.7 cm³/mol. The van der Waals surface area contributed by atoms with Gasteiger partial charge in [0.25, 0.3) is 5.69 Å². The summed E-state index contributed by atoms with van der Waals surface area (Å²) in [5.74, 6) is -1.19. The zero-order chi connectivity index (χ0) is 15.8. The lowest BCUT2D eigenvalue weighted by Crippen LogP contribution is -2.20. The number of nitro groups is 1. The molecule has 0 unspecified atom stereocenters. The first-order valence-electron chi connectivity index (χ1n) is 6.26. The van der Waals surface area contributed by atoms with Gasteiger partial charge in [-0.05, 0) is 14.1 Å². The lowest BCUT2D eigenvalue weighted by Gasteiger charge is -2.11. The number of anilines is 1. The van der Waals surface area contributed by atoms with Gasteiger partial charge in [0.2, 0.25) is 0 Å². The smallest absolute Gasteiger partial charge is 0.339 e. The fourth-order valence-corrected chi connectivity index (χ4v) is 1.45. The summed E-state index contributed by atoms with van der Waals surface area (Å²) >= 11 is 0. The van der Waals surface area contributed by atoms with Gasteiger partial charge in [-0.2, -0.15) is 0 Å². The van der Waals surface area contributed by atoms with Gasteiger partial charge in [-0.15, -0.1) is 0 Å². The normalized spacial score (nSPS) is 10.6. The average Bonchev–Trinajstić information content (AvgIpc) is 2.42. The third-order valence-electron chi connectivity index (χ3n) is 2.54. The second-order valence-corrected chi connectivity index (χ2v) is 4.49. The molecule has 0 aliphatic carbocycles. The molecule has 0 aliphatic heterocycles. The molecule has 9 heteroatoms. The number of rotatable bonds is 9. The van der Waals surface area contributed by atoms with E-state index in [1.165, 1.54) is 0 Å². The van der Waals surface area contributed by atoms with E-state index in [0.717, 1.165) is 18.8 Å². The summed E-state index contributed by atoms with van der Waals surface area (Å²) < 4.78 is 5.34. The van der Waals surface area contributed by atoms with Gasteiger partial charge in [-0.25, -0.2) is 9.78 Å². The molecule has 0 amide bonds. The highest BCUT2D eigenvalue weighted by Gasteiger charge is 2.17. The van der Waals surface area contributed by atoms with Crippen LogP contribution in [0.1, 0.15) is 10.4 Å². The number of carbonyl (C=O) groups is 1. The second kappa shape index (κ2) is 8.12. The van der Waals surface area contributed by atoms with Crippen molar-refractivity contribution in [3.8, 4) is 0 Å². The van der Waals surface area contributed by atoms with Crippen LogP contribution in [0.3, 0.4) is 0 Å². The number of ether oxygens (including phenoxy) is 1. The summed E-state index contributed by atoms with van der Waals surface area (Å²) in [4.78, 5) is 26.7. The SMILES string of the molecule is CN(C)CCOCCNc1ncc([N+](=O)[O-])cc1C(=O)O. The number of carboxylic acid groups (broad SMARTS) is 1. The molecule has 116 valence electrons. The summed E-state index contributed by atoms with van der Waals surface area (Å²) in [5.41, 5.74) is -0.599. The lowest BCUT2D eigenvalue weighted by molar-refractivity contribution is -0.385. The number of pyridine rings is 1. The van der Waals surface area contributed by atoms with Gasteiger partial charge in [0.05, 0.1) is 18.1 Å². The maximum absolute atomic E-state index is 11.1. The highest BCUT2D eigenvalue weighted by Crippen LogP contribution is 2.18. The molecule has 0 bridgehead atoms. The third-order valence-corrected chi connectivity index (χ3v) is 2.54. The van der Waals surface area contributed by atoms with E-state index in [-0.39, 0.29) is 17.1 Å². The Morgan fingerprint density at radius 2 is 2.24 bits per heavy atom. The number of likely N-dealkylation sites (N-methyl/N-ethyl adjacent to an activating group) is 1. The van der Waals surface area contributed by atoms with Crippen molar-refractivity contribution in [1.29, 1.82) is 0 Å². The van der Waals surface area contributed by atoms with E-state index in [0.29, 0.717) is 19.8 Å². The van der Waals surface area contributed by atoms with Crippen LogP contribution in [0.2, 0.25) is 0 Å². The van der Waals surface area contributed by atoms with Crippen LogP contribution in [0.5, 0.6) is 0 Å². The lowest BCUT2D eigenvalue weighted by atomic mass is 10.2. The number of aromatic carboxylic acids is 1. The molecule has 0 spiro atoms. The van der Waals surface area contributed by atoms with E-state index in [2.05, 4.69) is 10.3 Å². The first-order chi connectivity index (χ1) is 9.91. The van der Waals surface area contributed by atoms with Gasteiger partial charge >= 0.3 is 5.97 Å². The molecule has 0 saturated heterocycles. The first-order valence-corrected chi connectivity index (χ1v) is 6.26. The van der Waals surface area contributed by atoms with E-state index in [4.69, 9.17) is 9.84 Å². The maximum Gasteiger partial charge on any atom is 0.339 e. The Kier molecular flexibility index (Phi) is 6.50. The van der Waals surface area contributed by atoms with Crippen molar-refractivity contribution in [2.24, 2.45) is 0 Å². The molecule has 0 fully saturated rings. The van der Waals surface area contributed by atoms with Gasteiger partial charge in [0, 0.05) is 19.2 Å². The molecule has 1 heterocycles. The topological polar surface area (TPSA) is 118 Å². The Morgan fingerprint density at radius 1 is 1.52 bits per heavy atom. The minimum Gasteiger partial charge on any atom is -0.478 e. The predicted octanol–water partition coefficient (Wildman–Crippen LogP) is 0.678. The largest absolute Gasteiger partial charge is 0.478 e. The number of carboxylic acids is 1. The second-order valence-electron chi connectivity index (χ2n) is 4.49. The minimum absolute atomic E-state index is 0.0873. The van der Waals surface area contributed by atoms with Crippen LogP contribution in [-0.2, 0) is 4.74 Å². The van der Waals surface area contributed by atoms with Crippen LogP contribution in [0.25, 0.3) is 0 Å². The molecule has 0 atom stereocenters. The van der Waals surface area contributed by atoms with Crippen molar-refractivity contribution in [2.75, 3.05) is 45.7 Å². The zero-order valence-corrected chi connectivity index (χ0v) is 11.9. The van der Waals surface area contributed by atoms with E-state index in [1.807, 2.05) is 19.0 Å². The molecule has 0 saturated carbocycles. The molecular formula is C12H18N4O5. The standard InChI is InChI=1S/C12H18N4O5/c1-15(2)4-6-21-5-3-13-11-10(12(17)18)7-9(8-14-11)16(19)20/h7-8H,3-6H2,1-2H3,(H,13,14)(H,17,18). The molecule has 1 rings (SSSR count). The fraction of sp³-hybridized carbons (Fsp3) is 0.500. The summed E-state index contributed by atoms with van der Waals surface area (Å²) in [6.07, 6.45) is 1.02.